The molecule has 0 unspecified atom stereocenters. The molecule has 2 N–H and O–H groups in total. The fraction of sp³-hybridized carbons (Fsp3) is 0. The number of rotatable bonds is 4. The van der Waals surface area contributed by atoms with Crippen molar-refractivity contribution in [1.29, 1.82) is 0 Å². The number of aromatic nitrogens is 3. The molecule has 0 saturated carbocycles. The molecule has 0 spiro atoms. The normalized spacial score (nSPS) is 11.8. The van der Waals surface area contributed by atoms with E-state index in [4.69, 9.17) is 21.5 Å². The van der Waals surface area contributed by atoms with Gasteiger partial charge in [-0.25, -0.2) is 23.1 Å². The Hall–Kier alpha value is -2.46. The number of ether oxygens (including phenoxy) is 1. The average Bonchev–Trinajstić information content (AvgIpc) is 3.16. The van der Waals surface area contributed by atoms with Gasteiger partial charge in [0.15, 0.2) is 0 Å². The number of hydrogen-bond donors (Lipinski definition) is 1. The summed E-state index contributed by atoms with van der Waals surface area (Å²) < 4.78 is 29.6. The average molecular weight is 407 g/mol. The van der Waals surface area contributed by atoms with Crippen molar-refractivity contribution < 1.29 is 13.2 Å². The van der Waals surface area contributed by atoms with E-state index in [9.17, 15) is 8.42 Å². The second-order valence-corrected chi connectivity index (χ2v) is 8.47. The molecule has 0 saturated heterocycles. The first-order valence-electron chi connectivity index (χ1n) is 7.31. The van der Waals surface area contributed by atoms with Crippen LogP contribution in [0.15, 0.2) is 59.1 Å². The van der Waals surface area contributed by atoms with Gasteiger partial charge in [0.25, 0.3) is 10.0 Å². The summed E-state index contributed by atoms with van der Waals surface area (Å²) in [5, 5.41) is 9.65. The van der Waals surface area contributed by atoms with Crippen molar-refractivity contribution in [3.8, 4) is 22.8 Å². The molecule has 2 aromatic heterocycles. The summed E-state index contributed by atoms with van der Waals surface area (Å²) >= 11 is 6.77. The Balaban J connectivity index is 1.57. The molecule has 0 fully saturated rings. The summed E-state index contributed by atoms with van der Waals surface area (Å²) in [6, 6.07) is 14.4. The Bertz CT molecular complexity index is 1150. The smallest absolute Gasteiger partial charge is 0.267 e. The lowest BCUT2D eigenvalue weighted by Gasteiger charge is -2.06. The Morgan fingerprint density at radius 3 is 2.23 bits per heavy atom. The molecule has 4 rings (SSSR count). The molecular weight excluding hydrogens is 396 g/mol. The van der Waals surface area contributed by atoms with Crippen molar-refractivity contribution in [1.82, 2.24) is 14.6 Å². The van der Waals surface area contributed by atoms with E-state index in [0.29, 0.717) is 27.2 Å². The monoisotopic (exact) mass is 406 g/mol. The zero-order valence-corrected chi connectivity index (χ0v) is 15.4. The first-order valence-corrected chi connectivity index (χ1v) is 10.1. The van der Waals surface area contributed by atoms with E-state index in [1.165, 1.54) is 4.52 Å². The summed E-state index contributed by atoms with van der Waals surface area (Å²) in [5.41, 5.74) is 1.52. The van der Waals surface area contributed by atoms with E-state index in [1.54, 1.807) is 30.5 Å². The molecule has 0 aliphatic carbocycles. The van der Waals surface area contributed by atoms with Gasteiger partial charge < -0.3 is 4.74 Å². The number of benzene rings is 2. The molecule has 0 atom stereocenters. The van der Waals surface area contributed by atoms with Gasteiger partial charge >= 0.3 is 0 Å². The molecule has 0 radical (unpaired) electrons. The Morgan fingerprint density at radius 1 is 1.04 bits per heavy atom. The lowest BCUT2D eigenvalue weighted by atomic mass is 10.2. The van der Waals surface area contributed by atoms with E-state index >= 15 is 0 Å². The summed E-state index contributed by atoms with van der Waals surface area (Å²) in [7, 11) is -3.83. The fourth-order valence-corrected chi connectivity index (χ4v) is 3.90. The van der Waals surface area contributed by atoms with Gasteiger partial charge in [0.2, 0.25) is 9.30 Å². The van der Waals surface area contributed by atoms with Crippen molar-refractivity contribution in [3.63, 3.8) is 0 Å². The third-order valence-electron chi connectivity index (χ3n) is 3.47. The topological polar surface area (TPSA) is 99.6 Å². The van der Waals surface area contributed by atoms with Crippen LogP contribution in [-0.4, -0.2) is 23.0 Å². The van der Waals surface area contributed by atoms with Crippen molar-refractivity contribution in [2.45, 2.75) is 4.34 Å². The molecule has 2 aromatic carbocycles. The number of primary sulfonamides is 1. The van der Waals surface area contributed by atoms with Gasteiger partial charge in [-0.3, -0.25) is 0 Å². The summed E-state index contributed by atoms with van der Waals surface area (Å²) in [6.45, 7) is 0. The van der Waals surface area contributed by atoms with Gasteiger partial charge in [-0.05, 0) is 48.5 Å². The van der Waals surface area contributed by atoms with Crippen LogP contribution in [0.3, 0.4) is 0 Å². The minimum absolute atomic E-state index is 0.168. The second kappa shape index (κ2) is 6.36. The van der Waals surface area contributed by atoms with Crippen molar-refractivity contribution in [2.75, 3.05) is 0 Å². The van der Waals surface area contributed by atoms with Crippen LogP contribution in [0.2, 0.25) is 5.02 Å². The largest absolute Gasteiger partial charge is 0.457 e. The van der Waals surface area contributed by atoms with Gasteiger partial charge in [-0.2, -0.15) is 0 Å². The highest BCUT2D eigenvalue weighted by Gasteiger charge is 2.17. The van der Waals surface area contributed by atoms with Gasteiger partial charge in [-0.1, -0.05) is 22.9 Å². The van der Waals surface area contributed by atoms with Crippen molar-refractivity contribution in [3.05, 3.63) is 59.8 Å². The number of imidazole rings is 1. The Kier molecular flexibility index (Phi) is 4.16. The highest BCUT2D eigenvalue weighted by atomic mass is 35.5. The molecule has 0 amide bonds. The molecule has 2 heterocycles. The van der Waals surface area contributed by atoms with Crippen LogP contribution in [0, 0.1) is 0 Å². The number of sulfonamides is 1. The quantitative estimate of drug-likeness (QED) is 0.558. The second-order valence-electron chi connectivity index (χ2n) is 5.35. The highest BCUT2D eigenvalue weighted by molar-refractivity contribution is 7.91. The van der Waals surface area contributed by atoms with E-state index in [0.717, 1.165) is 16.9 Å². The first-order chi connectivity index (χ1) is 12.4. The van der Waals surface area contributed by atoms with Crippen LogP contribution < -0.4 is 9.88 Å². The Labute approximate surface area is 157 Å². The van der Waals surface area contributed by atoms with E-state index in [-0.39, 0.29) is 4.34 Å². The van der Waals surface area contributed by atoms with Crippen LogP contribution in [0.4, 0.5) is 0 Å². The van der Waals surface area contributed by atoms with E-state index in [1.807, 2.05) is 24.3 Å². The predicted molar refractivity (Wildman–Crippen MR) is 99.2 cm³/mol. The SMILES string of the molecule is NS(=O)(=O)c1nn2cc(-c3ccc(Oc4ccc(Cl)cc4)cc3)nc2s1. The number of nitrogens with zero attached hydrogens (tertiary/aromatic N) is 3. The van der Waals surface area contributed by atoms with Gasteiger partial charge in [0.1, 0.15) is 11.5 Å². The molecule has 10 heteroatoms. The van der Waals surface area contributed by atoms with Crippen LogP contribution in [0.25, 0.3) is 16.2 Å². The molecule has 0 aliphatic rings. The van der Waals surface area contributed by atoms with Crippen LogP contribution >= 0.6 is 22.9 Å². The number of nitrogens with two attached hydrogens (primary N) is 1. The lowest BCUT2D eigenvalue weighted by Crippen LogP contribution is -2.12. The third kappa shape index (κ3) is 3.42. The molecule has 0 bridgehead atoms. The van der Waals surface area contributed by atoms with Gasteiger partial charge in [0, 0.05) is 10.6 Å². The van der Waals surface area contributed by atoms with Crippen molar-refractivity contribution >= 4 is 37.9 Å². The van der Waals surface area contributed by atoms with Crippen LogP contribution in [0.1, 0.15) is 0 Å². The molecule has 26 heavy (non-hydrogen) atoms. The highest BCUT2D eigenvalue weighted by Crippen LogP contribution is 2.27. The summed E-state index contributed by atoms with van der Waals surface area (Å²) in [5.74, 6) is 1.36. The fourth-order valence-electron chi connectivity index (χ4n) is 2.27. The maximum Gasteiger partial charge on any atom is 0.267 e. The molecular formula is C16H11ClN4O3S2. The summed E-state index contributed by atoms with van der Waals surface area (Å²) in [4.78, 5) is 4.83. The molecule has 4 aromatic rings. The number of fused-ring (bicyclic) bond motifs is 1. The lowest BCUT2D eigenvalue weighted by molar-refractivity contribution is 0.483. The predicted octanol–water partition coefficient (Wildman–Crippen LogP) is 3.55. The first kappa shape index (κ1) is 17.0. The zero-order valence-electron chi connectivity index (χ0n) is 13.0. The number of hydrogen-bond acceptors (Lipinski definition) is 6. The van der Waals surface area contributed by atoms with Crippen LogP contribution in [-0.2, 0) is 10.0 Å². The van der Waals surface area contributed by atoms with E-state index < -0.39 is 10.0 Å². The standard InChI is InChI=1S/C16H11ClN4O3S2/c17-11-3-7-13(8-4-11)24-12-5-1-10(2-6-12)14-9-21-15(19-14)25-16(20-21)26(18,22)23/h1-9H,(H2,18,22,23). The van der Waals surface area contributed by atoms with Crippen LogP contribution in [0.5, 0.6) is 11.5 Å². The molecule has 132 valence electrons. The zero-order chi connectivity index (χ0) is 18.3. The maximum atomic E-state index is 11.3. The van der Waals surface area contributed by atoms with Gasteiger partial charge in [0.05, 0.1) is 11.9 Å². The van der Waals surface area contributed by atoms with E-state index in [2.05, 4.69) is 10.1 Å². The molecule has 7 nitrogen and oxygen atoms in total. The summed E-state index contributed by atoms with van der Waals surface area (Å²) in [6.07, 6.45) is 1.65. The van der Waals surface area contributed by atoms with Crippen molar-refractivity contribution in [2.24, 2.45) is 5.14 Å². The minimum Gasteiger partial charge on any atom is -0.457 e. The Morgan fingerprint density at radius 2 is 1.65 bits per heavy atom. The maximum absolute atomic E-state index is 11.3. The third-order valence-corrected chi connectivity index (χ3v) is 5.95. The van der Waals surface area contributed by atoms with Gasteiger partial charge in [-0.15, -0.1) is 5.10 Å². The minimum atomic E-state index is -3.83. The number of halogens is 1. The molecule has 0 aliphatic heterocycles.